The average molecular weight is 409 g/mol. The van der Waals surface area contributed by atoms with Crippen LogP contribution in [0, 0.1) is 6.92 Å². The Morgan fingerprint density at radius 2 is 2.23 bits per heavy atom. The summed E-state index contributed by atoms with van der Waals surface area (Å²) in [7, 11) is 1.66. The van der Waals surface area contributed by atoms with E-state index in [9.17, 15) is 4.79 Å². The van der Waals surface area contributed by atoms with Crippen molar-refractivity contribution in [1.29, 1.82) is 0 Å². The van der Waals surface area contributed by atoms with Crippen molar-refractivity contribution in [3.8, 4) is 5.75 Å². The highest BCUT2D eigenvalue weighted by atomic mass is 16.5. The molecule has 0 radical (unpaired) electrons. The Morgan fingerprint density at radius 1 is 1.37 bits per heavy atom. The fraction of sp³-hybridized carbons (Fsp3) is 0.435. The Kier molecular flexibility index (Phi) is 5.88. The minimum Gasteiger partial charge on any atom is -0.497 e. The van der Waals surface area contributed by atoms with Gasteiger partial charge in [-0.15, -0.1) is 0 Å². The monoisotopic (exact) mass is 408 g/mol. The molecule has 7 nitrogen and oxygen atoms in total. The van der Waals surface area contributed by atoms with Crippen molar-refractivity contribution in [2.24, 2.45) is 0 Å². The molecule has 1 aliphatic rings. The molecule has 4 rings (SSSR count). The van der Waals surface area contributed by atoms with Gasteiger partial charge in [-0.05, 0) is 50.3 Å². The van der Waals surface area contributed by atoms with Crippen LogP contribution < -0.4 is 4.74 Å². The number of hydrogen-bond donors (Lipinski definition) is 1. The lowest BCUT2D eigenvalue weighted by atomic mass is 10.0. The fourth-order valence-corrected chi connectivity index (χ4v) is 4.10. The summed E-state index contributed by atoms with van der Waals surface area (Å²) in [6, 6.07) is 7.74. The third kappa shape index (κ3) is 3.97. The maximum Gasteiger partial charge on any atom is 0.275 e. The van der Waals surface area contributed by atoms with Gasteiger partial charge in [0.2, 0.25) is 5.89 Å². The Hall–Kier alpha value is -3.09. The first kappa shape index (κ1) is 20.2. The molecule has 0 spiro atoms. The molecule has 1 saturated heterocycles. The van der Waals surface area contributed by atoms with Crippen LogP contribution in [0.4, 0.5) is 0 Å². The SMILES string of the molecule is CCc1[nH]nc(C(=O)N2CCCC[C@H]2c2ncc(Cc3cccc(OC)c3)o2)c1C. The van der Waals surface area contributed by atoms with Crippen molar-refractivity contribution in [2.45, 2.75) is 52.0 Å². The molecule has 3 aromatic rings. The van der Waals surface area contributed by atoms with Gasteiger partial charge in [-0.25, -0.2) is 4.98 Å². The van der Waals surface area contributed by atoms with E-state index in [1.165, 1.54) is 0 Å². The maximum atomic E-state index is 13.3. The van der Waals surface area contributed by atoms with Gasteiger partial charge < -0.3 is 14.1 Å². The van der Waals surface area contributed by atoms with E-state index in [0.717, 1.165) is 54.0 Å². The molecule has 30 heavy (non-hydrogen) atoms. The predicted molar refractivity (Wildman–Crippen MR) is 113 cm³/mol. The molecule has 1 aromatic carbocycles. The third-order valence-corrected chi connectivity index (χ3v) is 5.80. The Bertz CT molecular complexity index is 1020. The molecular formula is C23H28N4O3. The van der Waals surface area contributed by atoms with Crippen molar-refractivity contribution in [3.63, 3.8) is 0 Å². The summed E-state index contributed by atoms with van der Waals surface area (Å²) in [6.07, 6.45) is 6.08. The highest BCUT2D eigenvalue weighted by Crippen LogP contribution is 2.32. The molecule has 1 fully saturated rings. The van der Waals surface area contributed by atoms with E-state index < -0.39 is 0 Å². The average Bonchev–Trinajstić information content (AvgIpc) is 3.39. The van der Waals surface area contributed by atoms with Crippen molar-refractivity contribution in [1.82, 2.24) is 20.1 Å². The second-order valence-corrected chi connectivity index (χ2v) is 7.73. The number of carbonyl (C=O) groups is 1. The number of oxazole rings is 1. The van der Waals surface area contributed by atoms with Crippen molar-refractivity contribution in [3.05, 3.63) is 64.6 Å². The number of carbonyl (C=O) groups excluding carboxylic acids is 1. The Morgan fingerprint density at radius 3 is 3.00 bits per heavy atom. The number of aromatic amines is 1. The second kappa shape index (κ2) is 8.73. The number of amides is 1. The summed E-state index contributed by atoms with van der Waals surface area (Å²) >= 11 is 0. The molecule has 0 unspecified atom stereocenters. The molecule has 0 saturated carbocycles. The van der Waals surface area contributed by atoms with Gasteiger partial charge in [0.1, 0.15) is 17.6 Å². The normalized spacial score (nSPS) is 16.6. The predicted octanol–water partition coefficient (Wildman–Crippen LogP) is 4.24. The van der Waals surface area contributed by atoms with E-state index >= 15 is 0 Å². The molecule has 2 aromatic heterocycles. The topological polar surface area (TPSA) is 84.2 Å². The van der Waals surface area contributed by atoms with E-state index in [-0.39, 0.29) is 11.9 Å². The van der Waals surface area contributed by atoms with Crippen molar-refractivity contribution >= 4 is 5.91 Å². The number of methoxy groups -OCH3 is 1. The van der Waals surface area contributed by atoms with E-state index in [2.05, 4.69) is 22.1 Å². The van der Waals surface area contributed by atoms with E-state index in [4.69, 9.17) is 9.15 Å². The lowest BCUT2D eigenvalue weighted by molar-refractivity contribution is 0.0563. The third-order valence-electron chi connectivity index (χ3n) is 5.80. The van der Waals surface area contributed by atoms with E-state index in [1.54, 1.807) is 13.3 Å². The molecule has 1 atom stereocenters. The number of aromatic nitrogens is 3. The molecule has 158 valence electrons. The smallest absolute Gasteiger partial charge is 0.275 e. The number of H-pyrrole nitrogens is 1. The number of likely N-dealkylation sites (tertiary alicyclic amines) is 1. The largest absolute Gasteiger partial charge is 0.497 e. The number of nitrogens with zero attached hydrogens (tertiary/aromatic N) is 3. The van der Waals surface area contributed by atoms with Crippen LogP contribution in [0.5, 0.6) is 5.75 Å². The number of piperidine rings is 1. The highest BCUT2D eigenvalue weighted by molar-refractivity contribution is 5.94. The molecule has 1 amide bonds. The minimum absolute atomic E-state index is 0.0549. The van der Waals surface area contributed by atoms with Gasteiger partial charge in [-0.1, -0.05) is 19.1 Å². The molecule has 1 aliphatic heterocycles. The van der Waals surface area contributed by atoms with Crippen LogP contribution in [0.1, 0.15) is 71.2 Å². The number of rotatable bonds is 6. The first-order valence-electron chi connectivity index (χ1n) is 10.5. The molecule has 3 heterocycles. The lowest BCUT2D eigenvalue weighted by Crippen LogP contribution is -2.39. The molecule has 7 heteroatoms. The fourth-order valence-electron chi connectivity index (χ4n) is 4.10. The summed E-state index contributed by atoms with van der Waals surface area (Å²) in [5, 5.41) is 7.28. The number of benzene rings is 1. The Balaban J connectivity index is 1.54. The van der Waals surface area contributed by atoms with Crippen LogP contribution in [0.25, 0.3) is 0 Å². The van der Waals surface area contributed by atoms with Gasteiger partial charge in [0.25, 0.3) is 5.91 Å². The number of ether oxygens (including phenoxy) is 1. The zero-order valence-corrected chi connectivity index (χ0v) is 17.8. The summed E-state index contributed by atoms with van der Waals surface area (Å²) in [5.74, 6) is 2.14. The number of hydrogen-bond acceptors (Lipinski definition) is 5. The Labute approximate surface area is 176 Å². The van der Waals surface area contributed by atoms with Gasteiger partial charge in [-0.3, -0.25) is 9.89 Å². The van der Waals surface area contributed by atoms with Gasteiger partial charge in [-0.2, -0.15) is 5.10 Å². The number of aryl methyl sites for hydroxylation is 1. The van der Waals surface area contributed by atoms with Gasteiger partial charge in [0, 0.05) is 24.2 Å². The molecular weight excluding hydrogens is 380 g/mol. The summed E-state index contributed by atoms with van der Waals surface area (Å²) in [4.78, 5) is 19.7. The highest BCUT2D eigenvalue weighted by Gasteiger charge is 2.33. The second-order valence-electron chi connectivity index (χ2n) is 7.73. The van der Waals surface area contributed by atoms with Crippen LogP contribution >= 0.6 is 0 Å². The maximum absolute atomic E-state index is 13.3. The summed E-state index contributed by atoms with van der Waals surface area (Å²) in [5.41, 5.74) is 3.52. The van der Waals surface area contributed by atoms with Crippen LogP contribution in [-0.4, -0.2) is 39.6 Å². The molecule has 1 N–H and O–H groups in total. The van der Waals surface area contributed by atoms with Crippen LogP contribution in [-0.2, 0) is 12.8 Å². The molecule has 0 bridgehead atoms. The summed E-state index contributed by atoms with van der Waals surface area (Å²) < 4.78 is 11.4. The lowest BCUT2D eigenvalue weighted by Gasteiger charge is -2.33. The van der Waals surface area contributed by atoms with Crippen molar-refractivity contribution in [2.75, 3.05) is 13.7 Å². The zero-order valence-electron chi connectivity index (χ0n) is 17.8. The quantitative estimate of drug-likeness (QED) is 0.660. The first-order chi connectivity index (χ1) is 14.6. The van der Waals surface area contributed by atoms with E-state index in [0.29, 0.717) is 24.6 Å². The van der Waals surface area contributed by atoms with Crippen LogP contribution in [0.15, 0.2) is 34.9 Å². The van der Waals surface area contributed by atoms with Gasteiger partial charge in [0.15, 0.2) is 5.69 Å². The number of nitrogens with one attached hydrogen (secondary N) is 1. The van der Waals surface area contributed by atoms with Crippen LogP contribution in [0.3, 0.4) is 0 Å². The summed E-state index contributed by atoms with van der Waals surface area (Å²) in [6.45, 7) is 4.69. The first-order valence-corrected chi connectivity index (χ1v) is 10.5. The van der Waals surface area contributed by atoms with Crippen molar-refractivity contribution < 1.29 is 13.9 Å². The van der Waals surface area contributed by atoms with Gasteiger partial charge in [0.05, 0.1) is 13.3 Å². The van der Waals surface area contributed by atoms with Crippen LogP contribution in [0.2, 0.25) is 0 Å². The zero-order chi connectivity index (χ0) is 21.1. The minimum atomic E-state index is -0.161. The van der Waals surface area contributed by atoms with Gasteiger partial charge >= 0.3 is 0 Å². The standard InChI is InChI=1S/C23H28N4O3/c1-4-19-15(2)21(26-25-19)23(28)27-11-6-5-10-20(27)22-24-14-18(30-22)13-16-8-7-9-17(12-16)29-3/h7-9,12,14,20H,4-6,10-11,13H2,1-3H3,(H,25,26)/t20-/m0/s1. The van der Waals surface area contributed by atoms with E-state index in [1.807, 2.05) is 36.1 Å². The molecule has 0 aliphatic carbocycles.